The molecule has 0 aliphatic carbocycles. The van der Waals surface area contributed by atoms with Crippen LogP contribution in [0.4, 0.5) is 0 Å². The van der Waals surface area contributed by atoms with Crippen molar-refractivity contribution < 1.29 is 17.9 Å². The molecule has 7 nitrogen and oxygen atoms in total. The van der Waals surface area contributed by atoms with Crippen molar-refractivity contribution in [2.75, 3.05) is 39.3 Å². The molecule has 0 spiro atoms. The quantitative estimate of drug-likeness (QED) is 0.790. The lowest BCUT2D eigenvalue weighted by molar-refractivity contribution is -0.123. The van der Waals surface area contributed by atoms with Crippen molar-refractivity contribution in [3.8, 4) is 5.75 Å². The summed E-state index contributed by atoms with van der Waals surface area (Å²) in [5.41, 5.74) is 0.950. The fourth-order valence-corrected chi connectivity index (χ4v) is 4.70. The number of fused-ring (bicyclic) bond motifs is 1. The van der Waals surface area contributed by atoms with Gasteiger partial charge in [-0.05, 0) is 37.1 Å². The lowest BCUT2D eigenvalue weighted by Crippen LogP contribution is -2.51. The molecule has 1 N–H and O–H groups in total. The maximum Gasteiger partial charge on any atom is 0.243 e. The van der Waals surface area contributed by atoms with Crippen LogP contribution < -0.4 is 10.1 Å². The number of hydrogen-bond donors (Lipinski definition) is 1. The molecule has 0 radical (unpaired) electrons. The van der Waals surface area contributed by atoms with E-state index in [0.717, 1.165) is 24.2 Å². The molecule has 2 heterocycles. The molecule has 0 aromatic heterocycles. The normalized spacial score (nSPS) is 19.6. The van der Waals surface area contributed by atoms with Gasteiger partial charge in [-0.2, -0.15) is 4.31 Å². The first-order valence-electron chi connectivity index (χ1n) is 9.17. The van der Waals surface area contributed by atoms with E-state index in [9.17, 15) is 13.2 Å². The predicted molar refractivity (Wildman–Crippen MR) is 98.7 cm³/mol. The first-order valence-corrected chi connectivity index (χ1v) is 10.6. The van der Waals surface area contributed by atoms with Gasteiger partial charge in [-0.1, -0.05) is 6.92 Å². The first kappa shape index (κ1) is 19.1. The molecular formula is C18H27N3O4S. The van der Waals surface area contributed by atoms with E-state index in [1.165, 1.54) is 4.31 Å². The molecule has 1 fully saturated rings. The molecule has 1 atom stereocenters. The van der Waals surface area contributed by atoms with E-state index in [2.05, 4.69) is 5.32 Å². The van der Waals surface area contributed by atoms with Gasteiger partial charge in [-0.25, -0.2) is 8.42 Å². The van der Waals surface area contributed by atoms with Crippen LogP contribution in [0.25, 0.3) is 0 Å². The summed E-state index contributed by atoms with van der Waals surface area (Å²) in [7, 11) is -3.51. The standard InChI is InChI=1S/C18H27N3O4S/c1-3-14(2)19-18(22)13-20-7-9-21(10-8-20)26(23,24)16-4-5-17-15(12-16)6-11-25-17/h4-5,12,14H,3,6-11,13H2,1-2H3,(H,19,22). The number of piperazine rings is 1. The highest BCUT2D eigenvalue weighted by Gasteiger charge is 2.30. The molecule has 0 bridgehead atoms. The summed E-state index contributed by atoms with van der Waals surface area (Å²) in [5.74, 6) is 0.773. The largest absolute Gasteiger partial charge is 0.493 e. The summed E-state index contributed by atoms with van der Waals surface area (Å²) in [6, 6.07) is 5.24. The summed E-state index contributed by atoms with van der Waals surface area (Å²) in [4.78, 5) is 14.3. The van der Waals surface area contributed by atoms with Gasteiger partial charge in [0.2, 0.25) is 15.9 Å². The number of nitrogens with zero attached hydrogens (tertiary/aromatic N) is 2. The van der Waals surface area contributed by atoms with E-state index >= 15 is 0 Å². The summed E-state index contributed by atoms with van der Waals surface area (Å²) < 4.78 is 32.7. The molecule has 1 amide bonds. The Kier molecular flexibility index (Phi) is 5.84. The molecular weight excluding hydrogens is 354 g/mol. The highest BCUT2D eigenvalue weighted by Crippen LogP contribution is 2.29. The van der Waals surface area contributed by atoms with E-state index in [1.807, 2.05) is 18.7 Å². The van der Waals surface area contributed by atoms with Crippen molar-refractivity contribution in [3.05, 3.63) is 23.8 Å². The van der Waals surface area contributed by atoms with Crippen LogP contribution in [-0.4, -0.2) is 68.9 Å². The van der Waals surface area contributed by atoms with Crippen LogP contribution in [0.3, 0.4) is 0 Å². The molecule has 3 rings (SSSR count). The fraction of sp³-hybridized carbons (Fsp3) is 0.611. The Morgan fingerprint density at radius 1 is 1.27 bits per heavy atom. The number of amides is 1. The number of nitrogens with one attached hydrogen (secondary N) is 1. The third-order valence-corrected chi connectivity index (χ3v) is 6.91. The monoisotopic (exact) mass is 381 g/mol. The third kappa shape index (κ3) is 4.19. The van der Waals surface area contributed by atoms with Gasteiger partial charge in [0.15, 0.2) is 0 Å². The van der Waals surface area contributed by atoms with E-state index in [0.29, 0.717) is 44.2 Å². The summed E-state index contributed by atoms with van der Waals surface area (Å²) in [6.07, 6.45) is 1.64. The van der Waals surface area contributed by atoms with Gasteiger partial charge in [0.05, 0.1) is 18.0 Å². The molecule has 26 heavy (non-hydrogen) atoms. The molecule has 1 unspecified atom stereocenters. The number of ether oxygens (including phenoxy) is 1. The predicted octanol–water partition coefficient (Wildman–Crippen LogP) is 0.843. The van der Waals surface area contributed by atoms with Crippen LogP contribution in [0.5, 0.6) is 5.75 Å². The molecule has 8 heteroatoms. The molecule has 2 aliphatic heterocycles. The van der Waals surface area contributed by atoms with Gasteiger partial charge < -0.3 is 10.1 Å². The van der Waals surface area contributed by atoms with E-state index in [4.69, 9.17) is 4.74 Å². The van der Waals surface area contributed by atoms with Gasteiger partial charge in [0, 0.05) is 38.6 Å². The van der Waals surface area contributed by atoms with Gasteiger partial charge in [0.1, 0.15) is 5.75 Å². The Balaban J connectivity index is 1.58. The molecule has 1 saturated heterocycles. The lowest BCUT2D eigenvalue weighted by Gasteiger charge is -2.33. The van der Waals surface area contributed by atoms with Crippen LogP contribution in [-0.2, 0) is 21.2 Å². The first-order chi connectivity index (χ1) is 12.4. The average Bonchev–Trinajstić information content (AvgIpc) is 3.09. The van der Waals surface area contributed by atoms with Crippen molar-refractivity contribution >= 4 is 15.9 Å². The molecule has 2 aliphatic rings. The minimum absolute atomic E-state index is 0.00530. The fourth-order valence-electron chi connectivity index (χ4n) is 3.23. The molecule has 1 aromatic rings. The van der Waals surface area contributed by atoms with Crippen molar-refractivity contribution in [2.45, 2.75) is 37.6 Å². The van der Waals surface area contributed by atoms with E-state index in [1.54, 1.807) is 18.2 Å². The average molecular weight is 381 g/mol. The van der Waals surface area contributed by atoms with Crippen LogP contribution in [0.15, 0.2) is 23.1 Å². The van der Waals surface area contributed by atoms with Gasteiger partial charge in [-0.15, -0.1) is 0 Å². The maximum atomic E-state index is 12.9. The number of rotatable bonds is 6. The minimum atomic E-state index is -3.51. The number of sulfonamides is 1. The van der Waals surface area contributed by atoms with Crippen LogP contribution in [0, 0.1) is 0 Å². The van der Waals surface area contributed by atoms with Gasteiger partial charge in [-0.3, -0.25) is 9.69 Å². The SMILES string of the molecule is CCC(C)NC(=O)CN1CCN(S(=O)(=O)c2ccc3c(c2)CCO3)CC1. The highest BCUT2D eigenvalue weighted by molar-refractivity contribution is 7.89. The number of benzene rings is 1. The van der Waals surface area contributed by atoms with Crippen molar-refractivity contribution in [3.63, 3.8) is 0 Å². The number of carbonyl (C=O) groups is 1. The second-order valence-electron chi connectivity index (χ2n) is 6.93. The topological polar surface area (TPSA) is 79.0 Å². The van der Waals surface area contributed by atoms with Crippen LogP contribution in [0.2, 0.25) is 0 Å². The Hall–Kier alpha value is -1.64. The van der Waals surface area contributed by atoms with Crippen molar-refractivity contribution in [2.24, 2.45) is 0 Å². The minimum Gasteiger partial charge on any atom is -0.493 e. The Labute approximate surface area is 155 Å². The lowest BCUT2D eigenvalue weighted by atomic mass is 10.2. The van der Waals surface area contributed by atoms with Crippen LogP contribution in [0.1, 0.15) is 25.8 Å². The zero-order valence-corrected chi connectivity index (χ0v) is 16.2. The summed E-state index contributed by atoms with van der Waals surface area (Å²) in [6.45, 7) is 6.83. The third-order valence-electron chi connectivity index (χ3n) is 5.02. The Bertz CT molecular complexity index is 758. The second kappa shape index (κ2) is 7.94. The number of hydrogen-bond acceptors (Lipinski definition) is 5. The van der Waals surface area contributed by atoms with Crippen LogP contribution >= 0.6 is 0 Å². The second-order valence-corrected chi connectivity index (χ2v) is 8.86. The van der Waals surface area contributed by atoms with E-state index < -0.39 is 10.0 Å². The van der Waals surface area contributed by atoms with Crippen molar-refractivity contribution in [1.29, 1.82) is 0 Å². The molecule has 144 valence electrons. The zero-order valence-electron chi connectivity index (χ0n) is 15.4. The zero-order chi connectivity index (χ0) is 18.7. The molecule has 0 saturated carbocycles. The summed E-state index contributed by atoms with van der Waals surface area (Å²) in [5, 5.41) is 2.94. The summed E-state index contributed by atoms with van der Waals surface area (Å²) >= 11 is 0. The van der Waals surface area contributed by atoms with E-state index in [-0.39, 0.29) is 11.9 Å². The maximum absolute atomic E-state index is 12.9. The Morgan fingerprint density at radius 3 is 2.69 bits per heavy atom. The smallest absolute Gasteiger partial charge is 0.243 e. The molecule has 1 aromatic carbocycles. The van der Waals surface area contributed by atoms with Gasteiger partial charge >= 0.3 is 0 Å². The Morgan fingerprint density at radius 2 is 2.00 bits per heavy atom. The highest BCUT2D eigenvalue weighted by atomic mass is 32.2. The number of carbonyl (C=O) groups excluding carboxylic acids is 1. The van der Waals surface area contributed by atoms with Gasteiger partial charge in [0.25, 0.3) is 0 Å². The van der Waals surface area contributed by atoms with Crippen molar-refractivity contribution in [1.82, 2.24) is 14.5 Å².